The molecule has 1 aromatic heterocycles. The highest BCUT2D eigenvalue weighted by atomic mass is 19.1. The monoisotopic (exact) mass is 551 g/mol. The summed E-state index contributed by atoms with van der Waals surface area (Å²) in [5, 5.41) is 17.5. The molecule has 4 aromatic rings. The van der Waals surface area contributed by atoms with Crippen LogP contribution in [0.2, 0.25) is 0 Å². The fraction of sp³-hybridized carbons (Fsp3) is 0.219. The highest BCUT2D eigenvalue weighted by Crippen LogP contribution is 2.28. The number of aromatic nitrogens is 2. The number of nitrogens with zero attached hydrogens (tertiary/aromatic N) is 4. The summed E-state index contributed by atoms with van der Waals surface area (Å²) in [5.74, 6) is -0.171. The van der Waals surface area contributed by atoms with Crippen molar-refractivity contribution in [1.82, 2.24) is 20.0 Å². The maximum atomic E-state index is 14.0. The Morgan fingerprint density at radius 1 is 1.05 bits per heavy atom. The minimum absolute atomic E-state index is 0.00863. The molecule has 9 heteroatoms. The van der Waals surface area contributed by atoms with Gasteiger partial charge in [-0.1, -0.05) is 36.4 Å². The summed E-state index contributed by atoms with van der Waals surface area (Å²) in [6, 6.07) is 25.4. The maximum absolute atomic E-state index is 14.0. The van der Waals surface area contributed by atoms with E-state index in [0.717, 1.165) is 24.3 Å². The number of benzene rings is 3. The summed E-state index contributed by atoms with van der Waals surface area (Å²) in [6.07, 6.45) is 3.36. The minimum atomic E-state index is -0.434. The quantitative estimate of drug-likeness (QED) is 0.229. The van der Waals surface area contributed by atoms with Crippen LogP contribution in [0.5, 0.6) is 5.75 Å². The molecule has 1 amide bonds. The number of nitrogens with one attached hydrogen (secondary N) is 1. The van der Waals surface area contributed by atoms with Crippen molar-refractivity contribution < 1.29 is 18.7 Å². The van der Waals surface area contributed by atoms with Crippen LogP contribution in [0.15, 0.2) is 90.6 Å². The predicted octanol–water partition coefficient (Wildman–Crippen LogP) is 4.61. The molecule has 0 unspecified atom stereocenters. The lowest BCUT2D eigenvalue weighted by Gasteiger charge is -2.26. The molecule has 3 aromatic carbocycles. The van der Waals surface area contributed by atoms with E-state index in [1.807, 2.05) is 48.5 Å². The Labute approximate surface area is 238 Å². The van der Waals surface area contributed by atoms with Crippen molar-refractivity contribution in [2.75, 3.05) is 39.4 Å². The molecule has 1 saturated heterocycles. The standard InChI is InChI=1S/C32H30FN5O3/c33-30-9-5-4-6-25(30)23-41-29-12-10-24(11-13-29)31-27(22-38(36-31)28-7-2-1-3-8-28)20-26(21-34)32(39)35-14-15-37-16-18-40-19-17-37/h1-13,20,22H,14-19,23H2,(H,35,39)/b26-20+. The summed E-state index contributed by atoms with van der Waals surface area (Å²) >= 11 is 0. The van der Waals surface area contributed by atoms with Gasteiger partial charge in [-0.05, 0) is 48.5 Å². The van der Waals surface area contributed by atoms with Gasteiger partial charge in [0.05, 0.1) is 24.6 Å². The number of morpholine rings is 1. The number of amides is 1. The molecule has 1 aliphatic rings. The zero-order chi connectivity index (χ0) is 28.4. The van der Waals surface area contributed by atoms with Gasteiger partial charge >= 0.3 is 0 Å². The Kier molecular flexibility index (Phi) is 9.16. The molecule has 1 fully saturated rings. The Morgan fingerprint density at radius 2 is 1.78 bits per heavy atom. The number of halogens is 1. The van der Waals surface area contributed by atoms with Crippen molar-refractivity contribution in [2.45, 2.75) is 6.61 Å². The number of ether oxygens (including phenoxy) is 2. The van der Waals surface area contributed by atoms with Gasteiger partial charge in [0.2, 0.25) is 0 Å². The normalized spacial score (nSPS) is 13.9. The summed E-state index contributed by atoms with van der Waals surface area (Å²) in [4.78, 5) is 15.1. The number of carbonyl (C=O) groups is 1. The third kappa shape index (κ3) is 7.25. The van der Waals surface area contributed by atoms with Crippen molar-refractivity contribution in [3.63, 3.8) is 0 Å². The Balaban J connectivity index is 1.36. The van der Waals surface area contributed by atoms with Crippen LogP contribution >= 0.6 is 0 Å². The van der Waals surface area contributed by atoms with E-state index in [2.05, 4.69) is 10.2 Å². The molecule has 41 heavy (non-hydrogen) atoms. The van der Waals surface area contributed by atoms with Crippen LogP contribution < -0.4 is 10.1 Å². The third-order valence-electron chi connectivity index (χ3n) is 6.73. The van der Waals surface area contributed by atoms with Gasteiger partial charge in [0.1, 0.15) is 29.8 Å². The van der Waals surface area contributed by atoms with Gasteiger partial charge in [0, 0.05) is 49.1 Å². The van der Waals surface area contributed by atoms with Gasteiger partial charge in [0.15, 0.2) is 0 Å². The van der Waals surface area contributed by atoms with Crippen LogP contribution in [0.25, 0.3) is 23.0 Å². The average molecular weight is 552 g/mol. The Bertz CT molecular complexity index is 1540. The molecule has 1 aliphatic heterocycles. The highest BCUT2D eigenvalue weighted by molar-refractivity contribution is 6.02. The SMILES string of the molecule is N#C/C(=C\c1cn(-c2ccccc2)nc1-c1ccc(OCc2ccccc2F)cc1)C(=O)NCCN1CCOCC1. The smallest absolute Gasteiger partial charge is 0.262 e. The zero-order valence-electron chi connectivity index (χ0n) is 22.5. The van der Waals surface area contributed by atoms with E-state index in [-0.39, 0.29) is 18.0 Å². The average Bonchev–Trinajstić information content (AvgIpc) is 3.44. The molecule has 8 nitrogen and oxygen atoms in total. The Morgan fingerprint density at radius 3 is 2.51 bits per heavy atom. The first-order valence-electron chi connectivity index (χ1n) is 13.4. The third-order valence-corrected chi connectivity index (χ3v) is 6.73. The van der Waals surface area contributed by atoms with Gasteiger partial charge < -0.3 is 14.8 Å². The molecule has 0 bridgehead atoms. The van der Waals surface area contributed by atoms with E-state index < -0.39 is 5.91 Å². The van der Waals surface area contributed by atoms with Crippen LogP contribution in [0, 0.1) is 17.1 Å². The second-order valence-corrected chi connectivity index (χ2v) is 9.50. The number of rotatable bonds is 10. The molecule has 0 saturated carbocycles. The van der Waals surface area contributed by atoms with Crippen molar-refractivity contribution >= 4 is 12.0 Å². The fourth-order valence-corrected chi connectivity index (χ4v) is 4.47. The van der Waals surface area contributed by atoms with Crippen LogP contribution in [-0.4, -0.2) is 60.0 Å². The van der Waals surface area contributed by atoms with Crippen LogP contribution in [-0.2, 0) is 16.1 Å². The molecule has 5 rings (SSSR count). The van der Waals surface area contributed by atoms with Gasteiger partial charge in [-0.15, -0.1) is 0 Å². The lowest BCUT2D eigenvalue weighted by atomic mass is 10.1. The van der Waals surface area contributed by atoms with E-state index in [1.165, 1.54) is 6.07 Å². The molecule has 0 atom stereocenters. The first kappa shape index (κ1) is 27.8. The lowest BCUT2D eigenvalue weighted by molar-refractivity contribution is -0.117. The van der Waals surface area contributed by atoms with Crippen molar-refractivity contribution in [3.05, 3.63) is 108 Å². The molecule has 0 radical (unpaired) electrons. The number of carbonyl (C=O) groups excluding carboxylic acids is 1. The van der Waals surface area contributed by atoms with Crippen LogP contribution in [0.1, 0.15) is 11.1 Å². The van der Waals surface area contributed by atoms with Crippen molar-refractivity contribution in [2.24, 2.45) is 0 Å². The number of nitriles is 1. The van der Waals surface area contributed by atoms with Gasteiger partial charge in [-0.3, -0.25) is 9.69 Å². The first-order chi connectivity index (χ1) is 20.1. The molecule has 0 aliphatic carbocycles. The Hall–Kier alpha value is -4.78. The summed E-state index contributed by atoms with van der Waals surface area (Å²) in [6.45, 7) is 4.25. The molecule has 208 valence electrons. The second-order valence-electron chi connectivity index (χ2n) is 9.50. The van der Waals surface area contributed by atoms with E-state index >= 15 is 0 Å². The van der Waals surface area contributed by atoms with Crippen molar-refractivity contribution in [1.29, 1.82) is 5.26 Å². The molecule has 1 N–H and O–H groups in total. The summed E-state index contributed by atoms with van der Waals surface area (Å²) in [7, 11) is 0. The molecular weight excluding hydrogens is 521 g/mol. The highest BCUT2D eigenvalue weighted by Gasteiger charge is 2.16. The largest absolute Gasteiger partial charge is 0.489 e. The van der Waals surface area contributed by atoms with Crippen LogP contribution in [0.4, 0.5) is 4.39 Å². The van der Waals surface area contributed by atoms with E-state index in [4.69, 9.17) is 14.6 Å². The summed E-state index contributed by atoms with van der Waals surface area (Å²) in [5.41, 5.74) is 3.29. The predicted molar refractivity (Wildman–Crippen MR) is 154 cm³/mol. The number of hydrogen-bond acceptors (Lipinski definition) is 6. The maximum Gasteiger partial charge on any atom is 0.262 e. The van der Waals surface area contributed by atoms with Gasteiger partial charge in [-0.2, -0.15) is 10.4 Å². The summed E-state index contributed by atoms with van der Waals surface area (Å²) < 4.78 is 26.8. The molecule has 2 heterocycles. The zero-order valence-corrected chi connectivity index (χ0v) is 22.5. The fourth-order valence-electron chi connectivity index (χ4n) is 4.47. The van der Waals surface area contributed by atoms with Gasteiger partial charge in [-0.25, -0.2) is 9.07 Å². The topological polar surface area (TPSA) is 92.4 Å². The molecular formula is C32H30FN5O3. The first-order valence-corrected chi connectivity index (χ1v) is 13.4. The van der Waals surface area contributed by atoms with Crippen LogP contribution in [0.3, 0.4) is 0 Å². The van der Waals surface area contributed by atoms with Crippen molar-refractivity contribution in [3.8, 4) is 28.8 Å². The van der Waals surface area contributed by atoms with Gasteiger partial charge in [0.25, 0.3) is 5.91 Å². The number of hydrogen-bond donors (Lipinski definition) is 1. The minimum Gasteiger partial charge on any atom is -0.489 e. The van der Waals surface area contributed by atoms with E-state index in [0.29, 0.717) is 48.9 Å². The molecule has 0 spiro atoms. The number of para-hydroxylation sites is 1. The second kappa shape index (κ2) is 13.5. The lowest BCUT2D eigenvalue weighted by Crippen LogP contribution is -2.41. The van der Waals surface area contributed by atoms with E-state index in [1.54, 1.807) is 47.3 Å². The van der Waals surface area contributed by atoms with E-state index in [9.17, 15) is 14.4 Å².